The van der Waals surface area contributed by atoms with Crippen LogP contribution in [-0.4, -0.2) is 72.1 Å². The largest absolute Gasteiger partial charge is 0.493 e. The summed E-state index contributed by atoms with van der Waals surface area (Å²) in [7, 11) is 1.83. The SMILES string of the molecule is CC1(C=O)CC1.CNc1ccc(Oc2ccnc3cc(OCCCN4CC(O)C5(CC5)C4)ccc23)cn1.O=CNc1ccccc1. The molecule has 1 atom stereocenters. The molecule has 1 saturated heterocycles. The number of fused-ring (bicyclic) bond motifs is 1. The molecule has 2 saturated carbocycles. The Balaban J connectivity index is 0.000000227. The van der Waals surface area contributed by atoms with Crippen molar-refractivity contribution in [2.24, 2.45) is 10.8 Å². The lowest BCUT2D eigenvalue weighted by Crippen LogP contribution is -2.24. The van der Waals surface area contributed by atoms with Crippen molar-refractivity contribution in [1.29, 1.82) is 0 Å². The average molecular weight is 626 g/mol. The van der Waals surface area contributed by atoms with Gasteiger partial charge < -0.3 is 30.0 Å². The van der Waals surface area contributed by atoms with Crippen LogP contribution >= 0.6 is 0 Å². The first-order valence-electron chi connectivity index (χ1n) is 15.8. The predicted octanol–water partition coefficient (Wildman–Crippen LogP) is 5.93. The maximum Gasteiger partial charge on any atom is 0.211 e. The minimum Gasteiger partial charge on any atom is -0.493 e. The van der Waals surface area contributed by atoms with E-state index in [0.29, 0.717) is 18.8 Å². The van der Waals surface area contributed by atoms with Crippen LogP contribution in [0.4, 0.5) is 11.5 Å². The Bertz CT molecular complexity index is 1580. The maximum atomic E-state index is 10.2. The van der Waals surface area contributed by atoms with Gasteiger partial charge in [0, 0.05) is 60.8 Å². The second-order valence-corrected chi connectivity index (χ2v) is 12.4. The summed E-state index contributed by atoms with van der Waals surface area (Å²) in [5.74, 6) is 3.00. The maximum absolute atomic E-state index is 10.2. The van der Waals surface area contributed by atoms with E-state index in [-0.39, 0.29) is 16.9 Å². The number of likely N-dealkylation sites (tertiary alicyclic amines) is 1. The molecule has 2 aromatic carbocycles. The van der Waals surface area contributed by atoms with E-state index < -0.39 is 0 Å². The number of hydrogen-bond donors (Lipinski definition) is 3. The number of rotatable bonds is 11. The fourth-order valence-electron chi connectivity index (χ4n) is 5.27. The molecule has 10 nitrogen and oxygen atoms in total. The lowest BCUT2D eigenvalue weighted by atomic mass is 10.0. The average Bonchev–Trinajstić information content (AvgIpc) is 4.00. The molecule has 1 spiro atoms. The molecule has 2 aromatic heterocycles. The number of nitrogens with one attached hydrogen (secondary N) is 2. The Morgan fingerprint density at radius 2 is 1.78 bits per heavy atom. The van der Waals surface area contributed by atoms with E-state index in [1.54, 1.807) is 12.4 Å². The van der Waals surface area contributed by atoms with E-state index in [2.05, 4.69) is 25.5 Å². The van der Waals surface area contributed by atoms with Gasteiger partial charge in [-0.2, -0.15) is 0 Å². The van der Waals surface area contributed by atoms with Crippen molar-refractivity contribution in [2.75, 3.05) is 43.9 Å². The zero-order chi connectivity index (χ0) is 32.4. The number of pyridine rings is 2. The molecule has 1 aliphatic heterocycles. The van der Waals surface area contributed by atoms with Crippen LogP contribution in [0.15, 0.2) is 79.1 Å². The van der Waals surface area contributed by atoms with Crippen LogP contribution < -0.4 is 20.1 Å². The normalized spacial score (nSPS) is 18.3. The highest BCUT2D eigenvalue weighted by Gasteiger charge is 2.54. The molecule has 1 amide bonds. The fourth-order valence-corrected chi connectivity index (χ4v) is 5.27. The molecule has 7 rings (SSSR count). The molecular weight excluding hydrogens is 582 g/mol. The van der Waals surface area contributed by atoms with E-state index in [9.17, 15) is 14.7 Å². The highest BCUT2D eigenvalue weighted by atomic mass is 16.5. The van der Waals surface area contributed by atoms with Gasteiger partial charge in [-0.1, -0.05) is 25.1 Å². The minimum atomic E-state index is -0.145. The molecule has 10 heteroatoms. The summed E-state index contributed by atoms with van der Waals surface area (Å²) in [6.07, 6.45) is 10.5. The predicted molar refractivity (Wildman–Crippen MR) is 179 cm³/mol. The van der Waals surface area contributed by atoms with E-state index in [1.165, 1.54) is 12.8 Å². The Labute approximate surface area is 270 Å². The van der Waals surface area contributed by atoms with Gasteiger partial charge in [-0.15, -0.1) is 0 Å². The number of β-amino-alcohol motifs (C(OH)–C–C–N with tert-alkyl or cyclic N) is 1. The van der Waals surface area contributed by atoms with Gasteiger partial charge in [-0.25, -0.2) is 4.98 Å². The number of benzene rings is 2. The van der Waals surface area contributed by atoms with Crippen molar-refractivity contribution in [3.8, 4) is 17.2 Å². The number of para-hydroxylation sites is 1. The molecule has 3 heterocycles. The standard InChI is InChI=1S/C24H28N4O3.C7H7NO.C5H8O/c1-25-23-6-4-18(14-27-23)31-21-7-10-26-20-13-17(3-5-19(20)21)30-12-2-11-28-15-22(29)24(16-28)8-9-24;9-6-8-7-4-2-1-3-5-7;1-5(4-6)2-3-5/h3-7,10,13-14,22,29H,2,8-9,11-12,15-16H2,1H3,(H,25,27);1-6H,(H,8,9);4H,2-3H2,1H3. The van der Waals surface area contributed by atoms with E-state index >= 15 is 0 Å². The van der Waals surface area contributed by atoms with Crippen LogP contribution in [0.1, 0.15) is 39.0 Å². The molecule has 2 aliphatic carbocycles. The summed E-state index contributed by atoms with van der Waals surface area (Å²) >= 11 is 0. The number of carbonyl (C=O) groups excluding carboxylic acids is 2. The van der Waals surface area contributed by atoms with Crippen molar-refractivity contribution in [3.63, 3.8) is 0 Å². The second kappa shape index (κ2) is 15.2. The summed E-state index contributed by atoms with van der Waals surface area (Å²) in [5, 5.41) is 16.6. The number of aliphatic hydroxyl groups is 1. The quantitative estimate of drug-likeness (QED) is 0.137. The third-order valence-electron chi connectivity index (χ3n) is 8.67. The van der Waals surface area contributed by atoms with Crippen molar-refractivity contribution in [3.05, 3.63) is 79.1 Å². The summed E-state index contributed by atoms with van der Waals surface area (Å²) in [5.41, 5.74) is 1.98. The first-order chi connectivity index (χ1) is 22.3. The number of aldehydes is 1. The first-order valence-corrected chi connectivity index (χ1v) is 15.8. The van der Waals surface area contributed by atoms with Gasteiger partial charge in [0.25, 0.3) is 0 Å². The molecule has 3 aliphatic rings. The van der Waals surface area contributed by atoms with Gasteiger partial charge in [0.15, 0.2) is 0 Å². The third-order valence-corrected chi connectivity index (χ3v) is 8.67. The molecule has 3 N–H and O–H groups in total. The Morgan fingerprint density at radius 3 is 2.39 bits per heavy atom. The van der Waals surface area contributed by atoms with Crippen LogP contribution in [0.3, 0.4) is 0 Å². The van der Waals surface area contributed by atoms with Gasteiger partial charge >= 0.3 is 0 Å². The summed E-state index contributed by atoms with van der Waals surface area (Å²) in [6.45, 7) is 5.42. The van der Waals surface area contributed by atoms with Crippen molar-refractivity contribution < 1.29 is 24.2 Å². The van der Waals surface area contributed by atoms with Crippen molar-refractivity contribution >= 4 is 35.1 Å². The molecule has 242 valence electrons. The van der Waals surface area contributed by atoms with E-state index in [0.717, 1.165) is 79.1 Å². The molecule has 3 fully saturated rings. The summed E-state index contributed by atoms with van der Waals surface area (Å²) in [4.78, 5) is 30.9. The zero-order valence-corrected chi connectivity index (χ0v) is 26.5. The monoisotopic (exact) mass is 625 g/mol. The van der Waals surface area contributed by atoms with Crippen molar-refractivity contribution in [2.45, 2.75) is 45.1 Å². The number of carbonyl (C=O) groups is 2. The molecular formula is C36H43N5O5. The molecule has 1 unspecified atom stereocenters. The van der Waals surface area contributed by atoms with Crippen LogP contribution in [-0.2, 0) is 9.59 Å². The van der Waals surface area contributed by atoms with E-state index in [1.807, 2.05) is 80.7 Å². The first kappa shape index (κ1) is 32.8. The van der Waals surface area contributed by atoms with Gasteiger partial charge in [0.2, 0.25) is 6.41 Å². The number of hydrogen-bond acceptors (Lipinski definition) is 9. The number of ether oxygens (including phenoxy) is 2. The Morgan fingerprint density at radius 1 is 1.00 bits per heavy atom. The van der Waals surface area contributed by atoms with Gasteiger partial charge in [-0.3, -0.25) is 14.7 Å². The zero-order valence-electron chi connectivity index (χ0n) is 26.5. The number of amides is 1. The highest BCUT2D eigenvalue weighted by molar-refractivity contribution is 5.86. The van der Waals surface area contributed by atoms with Crippen molar-refractivity contribution in [1.82, 2.24) is 14.9 Å². The van der Waals surface area contributed by atoms with Gasteiger partial charge in [-0.05, 0) is 74.6 Å². The number of anilines is 2. The van der Waals surface area contributed by atoms with E-state index in [4.69, 9.17) is 9.47 Å². The molecule has 0 bridgehead atoms. The topological polar surface area (TPSA) is 126 Å². The van der Waals surface area contributed by atoms with Gasteiger partial charge in [0.1, 0.15) is 29.4 Å². The molecule has 0 radical (unpaired) electrons. The number of aliphatic hydroxyl groups excluding tert-OH is 1. The van der Waals surface area contributed by atoms with Gasteiger partial charge in [0.05, 0.1) is 24.4 Å². The summed E-state index contributed by atoms with van der Waals surface area (Å²) in [6, 6.07) is 20.8. The molecule has 4 aromatic rings. The number of nitrogens with zero attached hydrogens (tertiary/aromatic N) is 3. The van der Waals surface area contributed by atoms with Crippen LogP contribution in [0.5, 0.6) is 17.2 Å². The smallest absolute Gasteiger partial charge is 0.211 e. The lowest BCUT2D eigenvalue weighted by Gasteiger charge is -2.15. The fraction of sp³-hybridized carbons (Fsp3) is 0.389. The lowest BCUT2D eigenvalue weighted by molar-refractivity contribution is -0.111. The summed E-state index contributed by atoms with van der Waals surface area (Å²) < 4.78 is 12.0. The Hall–Kier alpha value is -4.54. The Kier molecular flexibility index (Phi) is 10.8. The minimum absolute atomic E-state index is 0.111. The molecule has 46 heavy (non-hydrogen) atoms. The number of aromatic nitrogens is 2. The van der Waals surface area contributed by atoms with Crippen LogP contribution in [0.25, 0.3) is 10.9 Å². The van der Waals surface area contributed by atoms with Crippen LogP contribution in [0.2, 0.25) is 0 Å². The highest BCUT2D eigenvalue weighted by Crippen LogP contribution is 2.52. The second-order valence-electron chi connectivity index (χ2n) is 12.4. The van der Waals surface area contributed by atoms with Crippen LogP contribution in [0, 0.1) is 10.8 Å². The third kappa shape index (κ3) is 9.02.